The van der Waals surface area contributed by atoms with Gasteiger partial charge in [-0.15, -0.1) is 0 Å². The number of amides is 1. The van der Waals surface area contributed by atoms with E-state index in [1.54, 1.807) is 37.4 Å². The number of nitrogens with zero attached hydrogens (tertiary/aromatic N) is 2. The molecule has 0 aliphatic carbocycles. The molecule has 0 aliphatic heterocycles. The van der Waals surface area contributed by atoms with Crippen LogP contribution in [0.4, 0.5) is 36.2 Å². The first-order chi connectivity index (χ1) is 18.1. The van der Waals surface area contributed by atoms with Crippen molar-refractivity contribution in [3.63, 3.8) is 0 Å². The fourth-order valence-electron chi connectivity index (χ4n) is 3.63. The van der Waals surface area contributed by atoms with Gasteiger partial charge in [0, 0.05) is 35.8 Å². The van der Waals surface area contributed by atoms with Crippen molar-refractivity contribution in [2.45, 2.75) is 13.1 Å². The van der Waals surface area contributed by atoms with Crippen molar-refractivity contribution < 1.29 is 23.1 Å². The van der Waals surface area contributed by atoms with Gasteiger partial charge in [-0.1, -0.05) is 12.1 Å². The molecule has 0 spiro atoms. The molecule has 0 aliphatic rings. The van der Waals surface area contributed by atoms with E-state index in [1.165, 1.54) is 24.3 Å². The summed E-state index contributed by atoms with van der Waals surface area (Å²) in [5.74, 6) is 0.507. The van der Waals surface area contributed by atoms with Crippen molar-refractivity contribution >= 4 is 35.1 Å². The monoisotopic (exact) mass is 520 g/mol. The molecular formula is C27H23F3N6O2. The Hall–Kier alpha value is -4.93. The molecule has 38 heavy (non-hydrogen) atoms. The van der Waals surface area contributed by atoms with Crippen LogP contribution in [-0.4, -0.2) is 34.2 Å². The van der Waals surface area contributed by atoms with Crippen LogP contribution in [0, 0.1) is 12.3 Å². The summed E-state index contributed by atoms with van der Waals surface area (Å²) in [7, 11) is 1.66. The minimum atomic E-state index is -4.53. The summed E-state index contributed by atoms with van der Waals surface area (Å²) >= 11 is 0. The van der Waals surface area contributed by atoms with Crippen LogP contribution in [-0.2, 0) is 6.18 Å². The summed E-state index contributed by atoms with van der Waals surface area (Å²) in [6.07, 6.45) is -3.44. The number of nitrogens with one attached hydrogen (secondary N) is 4. The van der Waals surface area contributed by atoms with Crippen LogP contribution < -0.4 is 16.0 Å². The Balaban J connectivity index is 1.67. The Morgan fingerprint density at radius 3 is 2.37 bits per heavy atom. The number of carbonyl (C=O) groups is 1. The smallest absolute Gasteiger partial charge is 0.416 e. The van der Waals surface area contributed by atoms with E-state index in [1.807, 2.05) is 6.92 Å². The van der Waals surface area contributed by atoms with Crippen LogP contribution >= 0.6 is 0 Å². The molecule has 4 aromatic rings. The van der Waals surface area contributed by atoms with Crippen molar-refractivity contribution in [1.82, 2.24) is 9.97 Å². The Bertz CT molecular complexity index is 1500. The van der Waals surface area contributed by atoms with E-state index >= 15 is 0 Å². The summed E-state index contributed by atoms with van der Waals surface area (Å²) in [6.45, 7) is 1.81. The second kappa shape index (κ2) is 10.6. The zero-order valence-corrected chi connectivity index (χ0v) is 20.3. The van der Waals surface area contributed by atoms with Gasteiger partial charge >= 0.3 is 6.18 Å². The van der Waals surface area contributed by atoms with Crippen LogP contribution in [0.1, 0.15) is 27.0 Å². The average molecular weight is 521 g/mol. The van der Waals surface area contributed by atoms with E-state index in [-0.39, 0.29) is 17.0 Å². The molecule has 8 nitrogen and oxygen atoms in total. The highest BCUT2D eigenvalue weighted by atomic mass is 19.4. The van der Waals surface area contributed by atoms with Crippen molar-refractivity contribution in [2.75, 3.05) is 23.0 Å². The third kappa shape index (κ3) is 5.72. The third-order valence-corrected chi connectivity index (χ3v) is 5.65. The normalized spacial score (nSPS) is 11.1. The highest BCUT2D eigenvalue weighted by molar-refractivity contribution is 6.05. The van der Waals surface area contributed by atoms with Crippen LogP contribution in [0.3, 0.4) is 0 Å². The molecule has 0 atom stereocenters. The fourth-order valence-corrected chi connectivity index (χ4v) is 3.63. The van der Waals surface area contributed by atoms with Gasteiger partial charge in [0.1, 0.15) is 17.4 Å². The molecule has 0 saturated heterocycles. The molecule has 194 valence electrons. The molecule has 3 aromatic carbocycles. The molecule has 11 heteroatoms. The molecule has 0 fully saturated rings. The predicted octanol–water partition coefficient (Wildman–Crippen LogP) is 6.21. The number of halogens is 3. The van der Waals surface area contributed by atoms with Gasteiger partial charge in [-0.25, -0.2) is 9.97 Å². The SMILES string of the molecule is CNc1nc(-c2ccc(O)cc2)nc(Nc2cc(C(=O)Nc3cccc(C(F)(F)F)c3)ccc2C)c1C=N. The van der Waals surface area contributed by atoms with Crippen molar-refractivity contribution in [1.29, 1.82) is 5.41 Å². The number of aryl methyl sites for hydroxylation is 1. The van der Waals surface area contributed by atoms with Crippen molar-refractivity contribution in [3.8, 4) is 17.1 Å². The first-order valence-electron chi connectivity index (χ1n) is 11.3. The van der Waals surface area contributed by atoms with Crippen LogP contribution in [0.2, 0.25) is 0 Å². The van der Waals surface area contributed by atoms with E-state index in [2.05, 4.69) is 25.9 Å². The van der Waals surface area contributed by atoms with Crippen LogP contribution in [0.5, 0.6) is 5.75 Å². The quantitative estimate of drug-likeness (QED) is 0.185. The number of rotatable bonds is 7. The predicted molar refractivity (Wildman–Crippen MR) is 140 cm³/mol. The minimum Gasteiger partial charge on any atom is -0.508 e. The summed E-state index contributed by atoms with van der Waals surface area (Å²) in [6, 6.07) is 15.5. The number of aromatic nitrogens is 2. The zero-order valence-electron chi connectivity index (χ0n) is 20.3. The van der Waals surface area contributed by atoms with Crippen LogP contribution in [0.25, 0.3) is 11.4 Å². The largest absolute Gasteiger partial charge is 0.508 e. The lowest BCUT2D eigenvalue weighted by molar-refractivity contribution is -0.137. The van der Waals surface area contributed by atoms with Crippen molar-refractivity contribution in [2.24, 2.45) is 0 Å². The number of hydrogen-bond donors (Lipinski definition) is 5. The first kappa shape index (κ1) is 26.1. The molecule has 0 radical (unpaired) electrons. The van der Waals surface area contributed by atoms with E-state index in [0.717, 1.165) is 23.9 Å². The lowest BCUT2D eigenvalue weighted by Gasteiger charge is -2.16. The maximum atomic E-state index is 13.0. The highest BCUT2D eigenvalue weighted by Crippen LogP contribution is 2.32. The zero-order chi connectivity index (χ0) is 27.4. The molecule has 0 unspecified atom stereocenters. The Morgan fingerprint density at radius 1 is 1.00 bits per heavy atom. The van der Waals surface area contributed by atoms with Gasteiger partial charge in [0.05, 0.1) is 11.1 Å². The van der Waals surface area contributed by atoms with Gasteiger partial charge in [-0.3, -0.25) is 4.79 Å². The Morgan fingerprint density at radius 2 is 1.71 bits per heavy atom. The van der Waals surface area contributed by atoms with Crippen LogP contribution in [0.15, 0.2) is 66.7 Å². The number of phenols is 1. The molecule has 1 heterocycles. The molecule has 0 bridgehead atoms. The minimum absolute atomic E-state index is 0.0130. The summed E-state index contributed by atoms with van der Waals surface area (Å²) in [5.41, 5.74) is 1.61. The molecule has 4 rings (SSSR count). The molecular weight excluding hydrogens is 497 g/mol. The van der Waals surface area contributed by atoms with Gasteiger partial charge in [-0.05, 0) is 67.1 Å². The number of carbonyl (C=O) groups excluding carboxylic acids is 1. The topological polar surface area (TPSA) is 123 Å². The number of benzene rings is 3. The highest BCUT2D eigenvalue weighted by Gasteiger charge is 2.30. The van der Waals surface area contributed by atoms with Gasteiger partial charge in [0.15, 0.2) is 5.82 Å². The number of phenolic OH excluding ortho intramolecular Hbond substituents is 1. The standard InChI is InChI=1S/C27H23F3N6O2/c1-15-6-7-17(26(38)33-19-5-3-4-18(13-19)27(28,29)30)12-22(15)34-25-21(14-31)24(32-2)35-23(36-25)16-8-10-20(37)11-9-16/h3-14,31,37H,1-2H3,(H,33,38)(H2,32,34,35,36). The lowest BCUT2D eigenvalue weighted by Crippen LogP contribution is -2.14. The Labute approximate surface area is 216 Å². The third-order valence-electron chi connectivity index (χ3n) is 5.65. The van der Waals surface area contributed by atoms with E-state index < -0.39 is 17.6 Å². The molecule has 1 aromatic heterocycles. The number of aromatic hydroxyl groups is 1. The average Bonchev–Trinajstić information content (AvgIpc) is 2.89. The number of anilines is 4. The number of alkyl halides is 3. The maximum Gasteiger partial charge on any atom is 0.416 e. The van der Waals surface area contributed by atoms with Gasteiger partial charge < -0.3 is 26.5 Å². The Kier molecular flexibility index (Phi) is 7.28. The first-order valence-corrected chi connectivity index (χ1v) is 11.3. The van der Waals surface area contributed by atoms with E-state index in [0.29, 0.717) is 34.3 Å². The maximum absolute atomic E-state index is 13.0. The van der Waals surface area contributed by atoms with Gasteiger partial charge in [0.25, 0.3) is 5.91 Å². The molecule has 5 N–H and O–H groups in total. The van der Waals surface area contributed by atoms with Crippen molar-refractivity contribution in [3.05, 3.63) is 89.0 Å². The number of hydrogen-bond acceptors (Lipinski definition) is 7. The summed E-state index contributed by atoms with van der Waals surface area (Å²) < 4.78 is 39.1. The van der Waals surface area contributed by atoms with Gasteiger partial charge in [0.2, 0.25) is 0 Å². The fraction of sp³-hybridized carbons (Fsp3) is 0.111. The summed E-state index contributed by atoms with van der Waals surface area (Å²) in [5, 5.41) is 26.1. The molecule has 0 saturated carbocycles. The van der Waals surface area contributed by atoms with E-state index in [4.69, 9.17) is 5.41 Å². The summed E-state index contributed by atoms with van der Waals surface area (Å²) in [4.78, 5) is 21.9. The van der Waals surface area contributed by atoms with E-state index in [9.17, 15) is 23.1 Å². The molecule has 1 amide bonds. The second-order valence-corrected chi connectivity index (χ2v) is 8.29. The van der Waals surface area contributed by atoms with Gasteiger partial charge in [-0.2, -0.15) is 13.2 Å². The lowest BCUT2D eigenvalue weighted by atomic mass is 10.1. The second-order valence-electron chi connectivity index (χ2n) is 8.29.